The Bertz CT molecular complexity index is 610. The van der Waals surface area contributed by atoms with Crippen molar-refractivity contribution in [3.63, 3.8) is 0 Å². The molecule has 180 valence electrons. The van der Waals surface area contributed by atoms with Crippen LogP contribution in [-0.2, 0) is 9.53 Å². The summed E-state index contributed by atoms with van der Waals surface area (Å²) in [6.45, 7) is 6.75. The molecule has 0 aliphatic heterocycles. The molecule has 0 aliphatic carbocycles. The fourth-order valence-electron chi connectivity index (χ4n) is 3.26. The fourth-order valence-corrected chi connectivity index (χ4v) is 3.26. The number of ether oxygens (including phenoxy) is 1. The minimum atomic E-state index is -0.618. The lowest BCUT2D eigenvalue weighted by atomic mass is 9.92. The van der Waals surface area contributed by atoms with E-state index in [-0.39, 0.29) is 6.42 Å². The minimum absolute atomic E-state index is 0.0868. The van der Waals surface area contributed by atoms with Gasteiger partial charge in [-0.3, -0.25) is 4.79 Å². The van der Waals surface area contributed by atoms with E-state index in [2.05, 4.69) is 72.9 Å². The summed E-state index contributed by atoms with van der Waals surface area (Å²) in [5, 5.41) is 2.52. The highest BCUT2D eigenvalue weighted by Crippen LogP contribution is 2.26. The SMILES string of the molecule is CC/C=C\C/C=C\C/C=C\C/C=C\C/C=C\CCCCCOC(CC)(CC)CC(=O)N=O. The number of unbranched alkanes of at least 4 members (excludes halogenated alkanes) is 3. The van der Waals surface area contributed by atoms with E-state index in [4.69, 9.17) is 4.74 Å². The summed E-state index contributed by atoms with van der Waals surface area (Å²) in [7, 11) is 0. The van der Waals surface area contributed by atoms with E-state index in [1.807, 2.05) is 13.8 Å². The van der Waals surface area contributed by atoms with Gasteiger partial charge in [-0.1, -0.05) is 88.0 Å². The van der Waals surface area contributed by atoms with Gasteiger partial charge in [-0.05, 0) is 64.2 Å². The highest BCUT2D eigenvalue weighted by Gasteiger charge is 2.30. The minimum Gasteiger partial charge on any atom is -0.374 e. The number of amides is 1. The Balaban J connectivity index is 3.73. The first kappa shape index (κ1) is 29.9. The van der Waals surface area contributed by atoms with Crippen LogP contribution in [0.2, 0.25) is 0 Å². The van der Waals surface area contributed by atoms with E-state index in [0.29, 0.717) is 19.4 Å². The third-order valence-electron chi connectivity index (χ3n) is 5.44. The Kier molecular flexibility index (Phi) is 20.7. The maximum Gasteiger partial charge on any atom is 0.289 e. The maximum absolute atomic E-state index is 11.4. The van der Waals surface area contributed by atoms with E-state index in [0.717, 1.165) is 57.8 Å². The molecule has 0 aliphatic rings. The summed E-state index contributed by atoms with van der Waals surface area (Å²) in [4.78, 5) is 21.8. The monoisotopic (exact) mass is 443 g/mol. The molecule has 0 spiro atoms. The van der Waals surface area contributed by atoms with Crippen LogP contribution < -0.4 is 0 Å². The number of allylic oxidation sites excluding steroid dienone is 10. The van der Waals surface area contributed by atoms with Gasteiger partial charge in [-0.15, -0.1) is 4.91 Å². The maximum atomic E-state index is 11.4. The molecule has 0 saturated carbocycles. The van der Waals surface area contributed by atoms with Crippen molar-refractivity contribution in [2.75, 3.05) is 6.61 Å². The molecule has 1 amide bonds. The number of hydrogen-bond acceptors (Lipinski definition) is 3. The summed E-state index contributed by atoms with van der Waals surface area (Å²) in [6.07, 6.45) is 33.0. The van der Waals surface area contributed by atoms with Crippen molar-refractivity contribution >= 4 is 5.91 Å². The van der Waals surface area contributed by atoms with E-state index in [9.17, 15) is 9.70 Å². The molecule has 0 heterocycles. The molecule has 0 saturated heterocycles. The molecule has 0 bridgehead atoms. The van der Waals surface area contributed by atoms with Gasteiger partial charge in [0.1, 0.15) is 0 Å². The van der Waals surface area contributed by atoms with Crippen LogP contribution in [0.1, 0.15) is 97.8 Å². The second-order valence-electron chi connectivity index (χ2n) is 7.96. The second kappa shape index (κ2) is 22.1. The van der Waals surface area contributed by atoms with Crippen LogP contribution in [0.3, 0.4) is 0 Å². The van der Waals surface area contributed by atoms with Gasteiger partial charge in [0, 0.05) is 11.8 Å². The molecule has 0 aromatic rings. The molecule has 0 rings (SSSR count). The highest BCUT2D eigenvalue weighted by molar-refractivity contribution is 5.77. The Morgan fingerprint density at radius 2 is 1.22 bits per heavy atom. The van der Waals surface area contributed by atoms with E-state index in [1.54, 1.807) is 0 Å². The quantitative estimate of drug-likeness (QED) is 0.108. The Morgan fingerprint density at radius 1 is 0.719 bits per heavy atom. The average molecular weight is 444 g/mol. The highest BCUT2D eigenvalue weighted by atomic mass is 16.5. The first-order valence-electron chi connectivity index (χ1n) is 12.4. The lowest BCUT2D eigenvalue weighted by Gasteiger charge is -2.30. The summed E-state index contributed by atoms with van der Waals surface area (Å²) in [5.41, 5.74) is -0.533. The predicted molar refractivity (Wildman–Crippen MR) is 138 cm³/mol. The summed E-state index contributed by atoms with van der Waals surface area (Å²) in [6, 6.07) is 0. The molecular weight excluding hydrogens is 398 g/mol. The molecule has 0 atom stereocenters. The van der Waals surface area contributed by atoms with Gasteiger partial charge in [-0.25, -0.2) is 0 Å². The van der Waals surface area contributed by atoms with Gasteiger partial charge in [0.05, 0.1) is 12.0 Å². The van der Waals surface area contributed by atoms with Crippen LogP contribution in [0, 0.1) is 4.91 Å². The van der Waals surface area contributed by atoms with Crippen molar-refractivity contribution in [2.24, 2.45) is 5.18 Å². The normalized spacial score (nSPS) is 13.0. The zero-order valence-corrected chi connectivity index (χ0v) is 20.6. The first-order chi connectivity index (χ1) is 15.6. The van der Waals surface area contributed by atoms with Crippen LogP contribution in [0.4, 0.5) is 0 Å². The van der Waals surface area contributed by atoms with Crippen LogP contribution in [0.25, 0.3) is 0 Å². The summed E-state index contributed by atoms with van der Waals surface area (Å²) < 4.78 is 5.98. The molecule has 0 radical (unpaired) electrons. The van der Waals surface area contributed by atoms with Crippen LogP contribution in [0.15, 0.2) is 65.9 Å². The van der Waals surface area contributed by atoms with E-state index < -0.39 is 11.5 Å². The molecule has 4 nitrogen and oxygen atoms in total. The lowest BCUT2D eigenvalue weighted by Crippen LogP contribution is -2.34. The number of rotatable bonds is 20. The first-order valence-corrected chi connectivity index (χ1v) is 12.4. The lowest BCUT2D eigenvalue weighted by molar-refractivity contribution is -0.127. The van der Waals surface area contributed by atoms with E-state index in [1.165, 1.54) is 0 Å². The van der Waals surface area contributed by atoms with Crippen molar-refractivity contribution in [1.29, 1.82) is 0 Å². The smallest absolute Gasteiger partial charge is 0.289 e. The summed E-state index contributed by atoms with van der Waals surface area (Å²) in [5.74, 6) is -0.618. The molecule has 0 aromatic heterocycles. The third-order valence-corrected chi connectivity index (χ3v) is 5.44. The molecule has 0 aromatic carbocycles. The molecule has 0 N–H and O–H groups in total. The predicted octanol–water partition coefficient (Wildman–Crippen LogP) is 8.56. The zero-order chi connectivity index (χ0) is 23.8. The van der Waals surface area contributed by atoms with Gasteiger partial charge in [0.15, 0.2) is 0 Å². The molecule has 0 unspecified atom stereocenters. The second-order valence-corrected chi connectivity index (χ2v) is 7.96. The van der Waals surface area contributed by atoms with E-state index >= 15 is 0 Å². The van der Waals surface area contributed by atoms with Gasteiger partial charge in [0.25, 0.3) is 5.91 Å². The van der Waals surface area contributed by atoms with Crippen LogP contribution >= 0.6 is 0 Å². The number of nitroso groups, excluding NO2 is 1. The van der Waals surface area contributed by atoms with Crippen molar-refractivity contribution in [3.05, 3.63) is 65.7 Å². The molecule has 32 heavy (non-hydrogen) atoms. The average Bonchev–Trinajstić information content (AvgIpc) is 2.81. The van der Waals surface area contributed by atoms with Crippen molar-refractivity contribution in [3.8, 4) is 0 Å². The van der Waals surface area contributed by atoms with Crippen molar-refractivity contribution < 1.29 is 9.53 Å². The third kappa shape index (κ3) is 17.6. The number of nitrogens with zero attached hydrogens (tertiary/aromatic N) is 1. The van der Waals surface area contributed by atoms with Crippen LogP contribution in [-0.4, -0.2) is 18.1 Å². The fraction of sp³-hybridized carbons (Fsp3) is 0.607. The van der Waals surface area contributed by atoms with Crippen LogP contribution in [0.5, 0.6) is 0 Å². The number of hydrogen-bond donors (Lipinski definition) is 0. The summed E-state index contributed by atoms with van der Waals surface area (Å²) >= 11 is 0. The van der Waals surface area contributed by atoms with Crippen molar-refractivity contribution in [2.45, 2.75) is 103 Å². The van der Waals surface area contributed by atoms with Gasteiger partial charge in [-0.2, -0.15) is 0 Å². The Morgan fingerprint density at radius 3 is 1.69 bits per heavy atom. The van der Waals surface area contributed by atoms with Gasteiger partial charge >= 0.3 is 0 Å². The molecular formula is C28H45NO3. The molecule has 0 fully saturated rings. The zero-order valence-electron chi connectivity index (χ0n) is 20.6. The van der Waals surface area contributed by atoms with Gasteiger partial charge in [0.2, 0.25) is 0 Å². The Hall–Kier alpha value is -2.07. The largest absolute Gasteiger partial charge is 0.374 e. The topological polar surface area (TPSA) is 55.7 Å². The number of carbonyl (C=O) groups excluding carboxylic acids is 1. The Labute approximate surface area is 196 Å². The number of carbonyl (C=O) groups is 1. The van der Waals surface area contributed by atoms with Gasteiger partial charge < -0.3 is 4.74 Å². The van der Waals surface area contributed by atoms with Crippen molar-refractivity contribution in [1.82, 2.24) is 0 Å². The molecule has 4 heteroatoms. The standard InChI is InChI=1S/C28H45NO3/c1-4-7-8-9-10-11-12-13-14-15-16-17-18-19-20-21-22-23-24-25-32-28(5-2,6-3)26-27(30)29-31/h7-8,10-11,13-14,16-17,19-20H,4-6,9,12,15,18,21-26H2,1-3H3/b8-7-,11-10-,14-13-,17-16-,20-19-.